The Morgan fingerprint density at radius 3 is 2.35 bits per heavy atom. The van der Waals surface area contributed by atoms with Gasteiger partial charge in [-0.15, -0.1) is 0 Å². The molecule has 0 radical (unpaired) electrons. The summed E-state index contributed by atoms with van der Waals surface area (Å²) in [5.74, 6) is 0.656. The number of nitrogens with zero attached hydrogens (tertiary/aromatic N) is 1. The molecular weight excluding hydrogens is 407 g/mol. The van der Waals surface area contributed by atoms with Gasteiger partial charge in [-0.05, 0) is 62.0 Å². The number of aliphatic hydroxyl groups is 1. The van der Waals surface area contributed by atoms with Crippen LogP contribution in [0.4, 0.5) is 24.5 Å². The molecule has 4 rings (SSSR count). The molecule has 0 aliphatic carbocycles. The number of alkyl halides is 3. The van der Waals surface area contributed by atoms with Crippen LogP contribution >= 0.6 is 0 Å². The van der Waals surface area contributed by atoms with Crippen molar-refractivity contribution in [3.63, 3.8) is 0 Å². The van der Waals surface area contributed by atoms with Crippen LogP contribution in [0.3, 0.4) is 0 Å². The SMILES string of the molecule is CNC1CCN(c2ccc(NC(O)c3ccc(-c4ccc(C(F)(F)F)cc4)o3)cc2)C1. The fourth-order valence-electron chi connectivity index (χ4n) is 3.71. The van der Waals surface area contributed by atoms with E-state index in [1.807, 2.05) is 31.3 Å². The molecule has 1 aliphatic rings. The summed E-state index contributed by atoms with van der Waals surface area (Å²) in [6.07, 6.45) is -4.37. The van der Waals surface area contributed by atoms with E-state index in [9.17, 15) is 18.3 Å². The molecule has 2 aromatic carbocycles. The third-order valence-corrected chi connectivity index (χ3v) is 5.53. The van der Waals surface area contributed by atoms with Crippen LogP contribution in [0.15, 0.2) is 65.1 Å². The molecule has 0 spiro atoms. The van der Waals surface area contributed by atoms with E-state index >= 15 is 0 Å². The molecule has 1 aromatic heterocycles. The molecule has 2 atom stereocenters. The second-order valence-corrected chi connectivity index (χ2v) is 7.59. The van der Waals surface area contributed by atoms with Gasteiger partial charge in [-0.2, -0.15) is 13.2 Å². The normalized spacial score (nSPS) is 17.7. The van der Waals surface area contributed by atoms with E-state index in [0.29, 0.717) is 17.4 Å². The van der Waals surface area contributed by atoms with Gasteiger partial charge in [0.1, 0.15) is 5.76 Å². The van der Waals surface area contributed by atoms with Crippen LogP contribution in [0, 0.1) is 0 Å². The van der Waals surface area contributed by atoms with Gasteiger partial charge in [-0.3, -0.25) is 0 Å². The Kier molecular flexibility index (Phi) is 5.93. The van der Waals surface area contributed by atoms with E-state index < -0.39 is 18.0 Å². The molecule has 3 aromatic rings. The Hall–Kier alpha value is -2.97. The summed E-state index contributed by atoms with van der Waals surface area (Å²) in [7, 11) is 1.97. The van der Waals surface area contributed by atoms with Crippen LogP contribution in [0.1, 0.15) is 24.0 Å². The molecule has 31 heavy (non-hydrogen) atoms. The minimum atomic E-state index is -4.38. The second kappa shape index (κ2) is 8.64. The maximum atomic E-state index is 12.7. The molecule has 1 saturated heterocycles. The van der Waals surface area contributed by atoms with Crippen molar-refractivity contribution in [2.75, 3.05) is 30.4 Å². The number of hydrogen-bond acceptors (Lipinski definition) is 5. The first kappa shape index (κ1) is 21.3. The Morgan fingerprint density at radius 1 is 1.03 bits per heavy atom. The van der Waals surface area contributed by atoms with Crippen LogP contribution < -0.4 is 15.5 Å². The van der Waals surface area contributed by atoms with Gasteiger partial charge in [-0.1, -0.05) is 12.1 Å². The van der Waals surface area contributed by atoms with Crippen LogP contribution in [-0.2, 0) is 6.18 Å². The predicted molar refractivity (Wildman–Crippen MR) is 114 cm³/mol. The average Bonchev–Trinajstić information content (AvgIpc) is 3.44. The average molecular weight is 431 g/mol. The van der Waals surface area contributed by atoms with E-state index in [2.05, 4.69) is 15.5 Å². The van der Waals surface area contributed by atoms with Gasteiger partial charge in [0.2, 0.25) is 0 Å². The standard InChI is InChI=1S/C23H24F3N3O2/c1-27-18-12-13-29(14-18)19-8-6-17(7-9-19)28-22(30)21-11-10-20(31-21)15-2-4-16(5-3-15)23(24,25)26/h2-11,18,22,27-28,30H,12-14H2,1H3. The Morgan fingerprint density at radius 2 is 1.74 bits per heavy atom. The van der Waals surface area contributed by atoms with E-state index in [4.69, 9.17) is 4.42 Å². The third kappa shape index (κ3) is 4.86. The summed E-state index contributed by atoms with van der Waals surface area (Å²) in [4.78, 5) is 2.31. The maximum absolute atomic E-state index is 12.7. The summed E-state index contributed by atoms with van der Waals surface area (Å²) in [6, 6.07) is 16.2. The van der Waals surface area contributed by atoms with Gasteiger partial charge in [0, 0.05) is 36.1 Å². The van der Waals surface area contributed by atoms with Gasteiger partial charge >= 0.3 is 6.18 Å². The zero-order valence-electron chi connectivity index (χ0n) is 17.0. The quantitative estimate of drug-likeness (QED) is 0.487. The summed E-state index contributed by atoms with van der Waals surface area (Å²) >= 11 is 0. The van der Waals surface area contributed by atoms with E-state index in [1.165, 1.54) is 12.1 Å². The third-order valence-electron chi connectivity index (χ3n) is 5.53. The summed E-state index contributed by atoms with van der Waals surface area (Å²) in [5.41, 5.74) is 1.64. The van der Waals surface area contributed by atoms with Crippen LogP contribution in [0.25, 0.3) is 11.3 Å². The van der Waals surface area contributed by atoms with Gasteiger partial charge in [0.15, 0.2) is 12.0 Å². The first-order valence-corrected chi connectivity index (χ1v) is 10.1. The lowest BCUT2D eigenvalue weighted by molar-refractivity contribution is -0.137. The molecule has 0 bridgehead atoms. The molecular formula is C23H24F3N3O2. The lowest BCUT2D eigenvalue weighted by atomic mass is 10.1. The number of anilines is 2. The van der Waals surface area contributed by atoms with Crippen molar-refractivity contribution in [3.8, 4) is 11.3 Å². The number of rotatable bonds is 6. The van der Waals surface area contributed by atoms with Crippen molar-refractivity contribution >= 4 is 11.4 Å². The molecule has 5 nitrogen and oxygen atoms in total. The van der Waals surface area contributed by atoms with E-state index in [-0.39, 0.29) is 5.76 Å². The monoisotopic (exact) mass is 431 g/mol. The van der Waals surface area contributed by atoms with Crippen LogP contribution in [0.2, 0.25) is 0 Å². The lowest BCUT2D eigenvalue weighted by Crippen LogP contribution is -2.29. The topological polar surface area (TPSA) is 60.7 Å². The minimum Gasteiger partial charge on any atom is -0.456 e. The van der Waals surface area contributed by atoms with Crippen LogP contribution in [0.5, 0.6) is 0 Å². The first-order chi connectivity index (χ1) is 14.8. The fourth-order valence-corrected chi connectivity index (χ4v) is 3.71. The number of halogens is 3. The molecule has 3 N–H and O–H groups in total. The molecule has 8 heteroatoms. The van der Waals surface area contributed by atoms with Crippen LogP contribution in [-0.4, -0.2) is 31.3 Å². The highest BCUT2D eigenvalue weighted by molar-refractivity contribution is 5.59. The van der Waals surface area contributed by atoms with Crippen molar-refractivity contribution in [1.29, 1.82) is 0 Å². The largest absolute Gasteiger partial charge is 0.456 e. The van der Waals surface area contributed by atoms with Crippen molar-refractivity contribution in [2.24, 2.45) is 0 Å². The van der Waals surface area contributed by atoms with Gasteiger partial charge < -0.3 is 25.1 Å². The molecule has 2 heterocycles. The Bertz CT molecular complexity index is 1000. The van der Waals surface area contributed by atoms with E-state index in [1.54, 1.807) is 12.1 Å². The minimum absolute atomic E-state index is 0.273. The van der Waals surface area contributed by atoms with Gasteiger partial charge in [-0.25, -0.2) is 0 Å². The zero-order valence-corrected chi connectivity index (χ0v) is 17.0. The highest BCUT2D eigenvalue weighted by Crippen LogP contribution is 2.32. The number of nitrogens with one attached hydrogen (secondary N) is 2. The predicted octanol–water partition coefficient (Wildman–Crippen LogP) is 4.87. The fraction of sp³-hybridized carbons (Fsp3) is 0.304. The molecule has 2 unspecified atom stereocenters. The Balaban J connectivity index is 1.39. The number of aliphatic hydroxyl groups excluding tert-OH is 1. The molecule has 1 fully saturated rings. The molecule has 1 aliphatic heterocycles. The zero-order chi connectivity index (χ0) is 22.0. The maximum Gasteiger partial charge on any atom is 0.416 e. The van der Waals surface area contributed by atoms with Crippen molar-refractivity contribution in [3.05, 3.63) is 72.0 Å². The molecule has 164 valence electrons. The first-order valence-electron chi connectivity index (χ1n) is 10.1. The number of benzene rings is 2. The Labute approximate surface area is 178 Å². The summed E-state index contributed by atoms with van der Waals surface area (Å²) < 4.78 is 43.8. The van der Waals surface area contributed by atoms with E-state index in [0.717, 1.165) is 43.0 Å². The highest BCUT2D eigenvalue weighted by atomic mass is 19.4. The molecule has 0 amide bonds. The summed E-state index contributed by atoms with van der Waals surface area (Å²) in [5, 5.41) is 16.7. The number of likely N-dealkylation sites (N-methyl/N-ethyl adjacent to an activating group) is 1. The highest BCUT2D eigenvalue weighted by Gasteiger charge is 2.30. The van der Waals surface area contributed by atoms with Gasteiger partial charge in [0.25, 0.3) is 0 Å². The molecule has 0 saturated carbocycles. The number of hydrogen-bond donors (Lipinski definition) is 3. The lowest BCUT2D eigenvalue weighted by Gasteiger charge is -2.19. The second-order valence-electron chi connectivity index (χ2n) is 7.59. The van der Waals surface area contributed by atoms with Crippen molar-refractivity contribution < 1.29 is 22.7 Å². The van der Waals surface area contributed by atoms with Crippen molar-refractivity contribution in [2.45, 2.75) is 24.9 Å². The van der Waals surface area contributed by atoms with Crippen molar-refractivity contribution in [1.82, 2.24) is 5.32 Å². The van der Waals surface area contributed by atoms with Gasteiger partial charge in [0.05, 0.1) is 5.56 Å². The summed E-state index contributed by atoms with van der Waals surface area (Å²) in [6.45, 7) is 1.96. The number of furan rings is 1. The smallest absolute Gasteiger partial charge is 0.416 e.